The van der Waals surface area contributed by atoms with E-state index in [9.17, 15) is 9.90 Å². The summed E-state index contributed by atoms with van der Waals surface area (Å²) < 4.78 is 10.7. The van der Waals surface area contributed by atoms with Crippen LogP contribution in [0.15, 0.2) is 65.3 Å². The van der Waals surface area contributed by atoms with Gasteiger partial charge >= 0.3 is 0 Å². The second-order valence-electron chi connectivity index (χ2n) is 6.45. The molecule has 1 aliphatic heterocycles. The highest BCUT2D eigenvalue weighted by molar-refractivity contribution is 6.02. The van der Waals surface area contributed by atoms with Crippen LogP contribution in [0.2, 0.25) is 0 Å². The van der Waals surface area contributed by atoms with E-state index in [2.05, 4.69) is 0 Å². The molecule has 4 rings (SSSR count). The summed E-state index contributed by atoms with van der Waals surface area (Å²) in [6.45, 7) is 0.332. The highest BCUT2D eigenvalue weighted by Gasteiger charge is 2.37. The van der Waals surface area contributed by atoms with Crippen LogP contribution in [0.5, 0.6) is 11.5 Å². The minimum Gasteiger partial charge on any atom is -0.504 e. The zero-order chi connectivity index (χ0) is 19.0. The Kier molecular flexibility index (Phi) is 4.24. The van der Waals surface area contributed by atoms with Crippen molar-refractivity contribution in [3.8, 4) is 11.5 Å². The molecule has 0 radical (unpaired) electrons. The van der Waals surface area contributed by atoms with E-state index in [1.54, 1.807) is 35.4 Å². The lowest BCUT2D eigenvalue weighted by atomic mass is 10.0. The number of rotatable bonds is 4. The van der Waals surface area contributed by atoms with Gasteiger partial charge in [-0.05, 0) is 42.0 Å². The first-order valence-electron chi connectivity index (χ1n) is 8.62. The van der Waals surface area contributed by atoms with Crippen LogP contribution in [-0.2, 0) is 6.54 Å². The number of methoxy groups -OCH3 is 1. The van der Waals surface area contributed by atoms with Gasteiger partial charge in [-0.3, -0.25) is 4.79 Å². The Balaban J connectivity index is 1.83. The molecule has 1 aliphatic rings. The lowest BCUT2D eigenvalue weighted by Gasteiger charge is -2.43. The number of carbonyl (C=O) groups is 1. The Bertz CT molecular complexity index is 968. The first-order chi connectivity index (χ1) is 13.1. The van der Waals surface area contributed by atoms with Crippen molar-refractivity contribution in [1.29, 1.82) is 0 Å². The van der Waals surface area contributed by atoms with Crippen LogP contribution in [0, 0.1) is 0 Å². The fourth-order valence-corrected chi connectivity index (χ4v) is 3.56. The normalized spacial score (nSPS) is 16.4. The molecule has 0 aliphatic carbocycles. The summed E-state index contributed by atoms with van der Waals surface area (Å²) in [7, 11) is 3.45. The van der Waals surface area contributed by atoms with Gasteiger partial charge in [0.1, 0.15) is 11.9 Å². The number of carbonyl (C=O) groups excluding carboxylic acids is 1. The molecule has 1 amide bonds. The van der Waals surface area contributed by atoms with Crippen molar-refractivity contribution in [3.63, 3.8) is 0 Å². The van der Waals surface area contributed by atoms with Gasteiger partial charge in [-0.1, -0.05) is 18.2 Å². The number of ether oxygens (including phenoxy) is 1. The van der Waals surface area contributed by atoms with Gasteiger partial charge in [0.05, 0.1) is 31.2 Å². The maximum Gasteiger partial charge on any atom is 0.258 e. The third-order valence-corrected chi connectivity index (χ3v) is 4.85. The highest BCUT2D eigenvalue weighted by Crippen LogP contribution is 2.40. The second kappa shape index (κ2) is 6.72. The number of amides is 1. The largest absolute Gasteiger partial charge is 0.504 e. The van der Waals surface area contributed by atoms with E-state index < -0.39 is 0 Å². The molecule has 0 fully saturated rings. The number of phenols is 1. The van der Waals surface area contributed by atoms with E-state index in [0.29, 0.717) is 23.6 Å². The summed E-state index contributed by atoms with van der Waals surface area (Å²) in [5, 5.41) is 9.95. The third-order valence-electron chi connectivity index (χ3n) is 4.85. The van der Waals surface area contributed by atoms with Crippen LogP contribution >= 0.6 is 0 Å². The number of anilines is 1. The Hall–Kier alpha value is -3.41. The maximum atomic E-state index is 13.3. The first-order valence-corrected chi connectivity index (χ1v) is 8.62. The van der Waals surface area contributed by atoms with Crippen molar-refractivity contribution in [2.75, 3.05) is 19.1 Å². The molecule has 138 valence electrons. The maximum absolute atomic E-state index is 13.3. The van der Waals surface area contributed by atoms with Gasteiger partial charge in [0.25, 0.3) is 5.91 Å². The smallest absolute Gasteiger partial charge is 0.258 e. The molecular weight excluding hydrogens is 344 g/mol. The summed E-state index contributed by atoms with van der Waals surface area (Å²) in [5.74, 6) is 1.05. The minimum absolute atomic E-state index is 0.0593. The van der Waals surface area contributed by atoms with Crippen molar-refractivity contribution in [1.82, 2.24) is 4.90 Å². The van der Waals surface area contributed by atoms with Crippen LogP contribution in [0.3, 0.4) is 0 Å². The Morgan fingerprint density at radius 1 is 1.15 bits per heavy atom. The molecule has 0 spiro atoms. The summed E-state index contributed by atoms with van der Waals surface area (Å²) in [6.07, 6.45) is 1.23. The van der Waals surface area contributed by atoms with Crippen molar-refractivity contribution >= 4 is 11.6 Å². The molecule has 0 saturated heterocycles. The van der Waals surface area contributed by atoms with Gasteiger partial charge < -0.3 is 24.1 Å². The van der Waals surface area contributed by atoms with Crippen LogP contribution in [-0.4, -0.2) is 30.1 Å². The number of aromatic hydroxyl groups is 1. The van der Waals surface area contributed by atoms with E-state index >= 15 is 0 Å². The highest BCUT2D eigenvalue weighted by atomic mass is 16.5. The molecule has 6 heteroatoms. The number of phenolic OH excluding ortho intramolecular Hbond substituents is 1. The van der Waals surface area contributed by atoms with E-state index in [1.165, 1.54) is 7.11 Å². The van der Waals surface area contributed by atoms with Crippen LogP contribution < -0.4 is 9.64 Å². The molecule has 0 unspecified atom stereocenters. The number of fused-ring (bicyclic) bond motifs is 1. The summed E-state index contributed by atoms with van der Waals surface area (Å²) in [4.78, 5) is 17.1. The summed E-state index contributed by atoms with van der Waals surface area (Å²) in [6, 6.07) is 16.3. The predicted octanol–water partition coefficient (Wildman–Crippen LogP) is 3.78. The molecule has 6 nitrogen and oxygen atoms in total. The predicted molar refractivity (Wildman–Crippen MR) is 101 cm³/mol. The first kappa shape index (κ1) is 17.0. The van der Waals surface area contributed by atoms with Crippen molar-refractivity contribution in [2.45, 2.75) is 12.7 Å². The average molecular weight is 364 g/mol. The zero-order valence-electron chi connectivity index (χ0n) is 15.1. The van der Waals surface area contributed by atoms with E-state index in [1.807, 2.05) is 42.3 Å². The number of benzene rings is 2. The second-order valence-corrected chi connectivity index (χ2v) is 6.45. The SMILES string of the molecule is COc1cc([C@H]2N(Cc3ccco3)C(=O)c3ccccc3N2C)ccc1O. The van der Waals surface area contributed by atoms with E-state index in [-0.39, 0.29) is 17.8 Å². The molecule has 2 aromatic carbocycles. The molecule has 0 saturated carbocycles. The number of para-hydroxylation sites is 1. The number of hydrogen-bond acceptors (Lipinski definition) is 5. The fraction of sp³-hybridized carbons (Fsp3) is 0.190. The Labute approximate surface area is 157 Å². The van der Waals surface area contributed by atoms with Gasteiger partial charge in [-0.25, -0.2) is 0 Å². The molecule has 1 aromatic heterocycles. The van der Waals surface area contributed by atoms with E-state index in [0.717, 1.165) is 11.3 Å². The topological polar surface area (TPSA) is 66.2 Å². The monoisotopic (exact) mass is 364 g/mol. The van der Waals surface area contributed by atoms with Crippen LogP contribution in [0.1, 0.15) is 27.8 Å². The van der Waals surface area contributed by atoms with Gasteiger partial charge in [0, 0.05) is 7.05 Å². The van der Waals surface area contributed by atoms with Crippen LogP contribution in [0.25, 0.3) is 0 Å². The molecule has 1 atom stereocenters. The molecule has 0 bridgehead atoms. The quantitative estimate of drug-likeness (QED) is 0.763. The van der Waals surface area contributed by atoms with Crippen LogP contribution in [0.4, 0.5) is 5.69 Å². The molecule has 1 N–H and O–H groups in total. The average Bonchev–Trinajstić information content (AvgIpc) is 3.20. The lowest BCUT2D eigenvalue weighted by molar-refractivity contribution is 0.0619. The minimum atomic E-state index is -0.369. The Morgan fingerprint density at radius 2 is 1.96 bits per heavy atom. The molecule has 27 heavy (non-hydrogen) atoms. The Morgan fingerprint density at radius 3 is 2.70 bits per heavy atom. The van der Waals surface area contributed by atoms with Crippen molar-refractivity contribution in [3.05, 3.63) is 77.7 Å². The number of hydrogen-bond donors (Lipinski definition) is 1. The number of furan rings is 1. The van der Waals surface area contributed by atoms with E-state index in [4.69, 9.17) is 9.15 Å². The lowest BCUT2D eigenvalue weighted by Crippen LogP contribution is -2.47. The van der Waals surface area contributed by atoms with Crippen molar-refractivity contribution < 1.29 is 19.1 Å². The molecule has 2 heterocycles. The summed E-state index contributed by atoms with van der Waals surface area (Å²) >= 11 is 0. The zero-order valence-corrected chi connectivity index (χ0v) is 15.1. The van der Waals surface area contributed by atoms with Gasteiger partial charge in [0.15, 0.2) is 11.5 Å². The third kappa shape index (κ3) is 2.89. The number of nitrogens with zero attached hydrogens (tertiary/aromatic N) is 2. The molecular formula is C21H20N2O4. The molecule has 3 aromatic rings. The van der Waals surface area contributed by atoms with Gasteiger partial charge in [0.2, 0.25) is 0 Å². The standard InChI is InChI=1S/C21H20N2O4/c1-22-17-8-4-3-7-16(17)21(25)23(13-15-6-5-11-27-15)20(22)14-9-10-18(24)19(12-14)26-2/h3-12,20,24H,13H2,1-2H3/t20-/m1/s1. The fourth-order valence-electron chi connectivity index (χ4n) is 3.56. The van der Waals surface area contributed by atoms with Gasteiger partial charge in [-0.2, -0.15) is 0 Å². The van der Waals surface area contributed by atoms with Crippen molar-refractivity contribution in [2.24, 2.45) is 0 Å². The van der Waals surface area contributed by atoms with Gasteiger partial charge in [-0.15, -0.1) is 0 Å². The summed E-state index contributed by atoms with van der Waals surface area (Å²) in [5.41, 5.74) is 2.34.